The van der Waals surface area contributed by atoms with Crippen molar-refractivity contribution in [1.82, 2.24) is 34.5 Å². The number of fused-ring (bicyclic) bond motifs is 1. The van der Waals surface area contributed by atoms with E-state index in [4.69, 9.17) is 0 Å². The van der Waals surface area contributed by atoms with Gasteiger partial charge in [-0.3, -0.25) is 0 Å². The van der Waals surface area contributed by atoms with E-state index < -0.39 is 10.0 Å². The number of aromatic amines is 1. The van der Waals surface area contributed by atoms with Crippen LogP contribution in [0.25, 0.3) is 11.0 Å². The molecule has 4 rings (SSSR count). The molecule has 1 N–H and O–H groups in total. The van der Waals surface area contributed by atoms with Crippen LogP contribution in [0, 0.1) is 0 Å². The number of H-pyrrole nitrogens is 1. The summed E-state index contributed by atoms with van der Waals surface area (Å²) in [5, 5.41) is 12.9. The fourth-order valence-electron chi connectivity index (χ4n) is 3.27. The van der Waals surface area contributed by atoms with E-state index in [0.717, 1.165) is 29.3 Å². The topological polar surface area (TPSA) is 110 Å². The minimum atomic E-state index is -3.47. The molecular formula is C16H21N7O2S2. The normalized spacial score (nSPS) is 16.0. The van der Waals surface area contributed by atoms with Crippen molar-refractivity contribution < 1.29 is 8.42 Å². The molecule has 0 spiro atoms. The van der Waals surface area contributed by atoms with Gasteiger partial charge in [-0.25, -0.2) is 22.4 Å². The zero-order valence-corrected chi connectivity index (χ0v) is 16.8. The van der Waals surface area contributed by atoms with Crippen LogP contribution in [-0.2, 0) is 15.8 Å². The molecule has 1 saturated carbocycles. The summed E-state index contributed by atoms with van der Waals surface area (Å²) in [4.78, 5) is 7.99. The maximum absolute atomic E-state index is 12.3. The molecule has 1 fully saturated rings. The van der Waals surface area contributed by atoms with Gasteiger partial charge in [0.15, 0.2) is 0 Å². The highest BCUT2D eigenvalue weighted by molar-refractivity contribution is 7.98. The molecule has 0 unspecified atom stereocenters. The maximum Gasteiger partial charge on any atom is 0.242 e. The van der Waals surface area contributed by atoms with Gasteiger partial charge in [0.25, 0.3) is 0 Å². The van der Waals surface area contributed by atoms with Gasteiger partial charge in [0.1, 0.15) is 5.82 Å². The molecular weight excluding hydrogens is 386 g/mol. The molecule has 0 amide bonds. The van der Waals surface area contributed by atoms with E-state index in [-0.39, 0.29) is 4.90 Å². The van der Waals surface area contributed by atoms with Crippen LogP contribution in [0.3, 0.4) is 0 Å². The lowest BCUT2D eigenvalue weighted by Gasteiger charge is -2.10. The molecule has 0 bridgehead atoms. The van der Waals surface area contributed by atoms with E-state index in [2.05, 4.69) is 25.5 Å². The molecule has 1 aromatic carbocycles. The van der Waals surface area contributed by atoms with Gasteiger partial charge < -0.3 is 4.98 Å². The van der Waals surface area contributed by atoms with Crippen LogP contribution in [0.2, 0.25) is 0 Å². The number of aromatic nitrogens is 6. The average molecular weight is 408 g/mol. The van der Waals surface area contributed by atoms with Crippen molar-refractivity contribution in [1.29, 1.82) is 0 Å². The lowest BCUT2D eigenvalue weighted by atomic mass is 10.3. The number of benzene rings is 1. The first kappa shape index (κ1) is 18.4. The van der Waals surface area contributed by atoms with Crippen LogP contribution in [0.4, 0.5) is 0 Å². The molecule has 27 heavy (non-hydrogen) atoms. The van der Waals surface area contributed by atoms with Gasteiger partial charge in [0, 0.05) is 14.1 Å². The van der Waals surface area contributed by atoms with E-state index >= 15 is 0 Å². The molecule has 3 aromatic rings. The van der Waals surface area contributed by atoms with Crippen LogP contribution >= 0.6 is 11.8 Å². The second kappa shape index (κ2) is 7.21. The first-order valence-corrected chi connectivity index (χ1v) is 11.2. The molecule has 0 aliphatic heterocycles. The van der Waals surface area contributed by atoms with Gasteiger partial charge in [-0.1, -0.05) is 24.6 Å². The van der Waals surface area contributed by atoms with Crippen molar-refractivity contribution in [2.75, 3.05) is 14.1 Å². The molecule has 1 aliphatic carbocycles. The monoisotopic (exact) mass is 407 g/mol. The number of nitrogens with zero attached hydrogens (tertiary/aromatic N) is 6. The standard InChI is InChI=1S/C16H21N7O2S2/c1-22(2)27(24,25)12-7-8-13-14(9-12)18-15(17-13)10-26-16-19-20-21-23(16)11-5-3-4-6-11/h7-9,11H,3-6,10H2,1-2H3,(H,17,18). The lowest BCUT2D eigenvalue weighted by Crippen LogP contribution is -2.22. The quantitative estimate of drug-likeness (QED) is 0.624. The highest BCUT2D eigenvalue weighted by Crippen LogP contribution is 2.32. The summed E-state index contributed by atoms with van der Waals surface area (Å²) in [6, 6.07) is 5.31. The largest absolute Gasteiger partial charge is 0.341 e. The number of imidazole rings is 1. The van der Waals surface area contributed by atoms with Gasteiger partial charge in [-0.2, -0.15) is 0 Å². The third kappa shape index (κ3) is 3.58. The van der Waals surface area contributed by atoms with Crippen molar-refractivity contribution in [3.05, 3.63) is 24.0 Å². The van der Waals surface area contributed by atoms with Crippen molar-refractivity contribution in [3.63, 3.8) is 0 Å². The predicted molar refractivity (Wildman–Crippen MR) is 102 cm³/mol. The zero-order chi connectivity index (χ0) is 19.0. The van der Waals surface area contributed by atoms with E-state index in [0.29, 0.717) is 17.3 Å². The molecule has 2 aromatic heterocycles. The summed E-state index contributed by atoms with van der Waals surface area (Å²) in [7, 11) is -0.438. The summed E-state index contributed by atoms with van der Waals surface area (Å²) in [6.07, 6.45) is 4.67. The highest BCUT2D eigenvalue weighted by Gasteiger charge is 2.22. The van der Waals surface area contributed by atoms with Gasteiger partial charge in [-0.05, 0) is 41.5 Å². The van der Waals surface area contributed by atoms with Crippen molar-refractivity contribution in [3.8, 4) is 0 Å². The molecule has 0 atom stereocenters. The van der Waals surface area contributed by atoms with Crippen LogP contribution in [-0.4, -0.2) is 57.0 Å². The number of sulfonamides is 1. The number of rotatable bonds is 6. The second-order valence-corrected chi connectivity index (χ2v) is 9.88. The molecule has 0 radical (unpaired) electrons. The molecule has 9 nitrogen and oxygen atoms in total. The molecule has 144 valence electrons. The fraction of sp³-hybridized carbons (Fsp3) is 0.500. The van der Waals surface area contributed by atoms with Gasteiger partial charge in [-0.15, -0.1) is 5.10 Å². The number of hydrogen-bond donors (Lipinski definition) is 1. The smallest absolute Gasteiger partial charge is 0.242 e. The number of hydrogen-bond acceptors (Lipinski definition) is 7. The van der Waals surface area contributed by atoms with E-state index in [1.807, 2.05) is 4.68 Å². The Balaban J connectivity index is 1.53. The highest BCUT2D eigenvalue weighted by atomic mass is 32.2. The Morgan fingerprint density at radius 1 is 1.30 bits per heavy atom. The third-order valence-electron chi connectivity index (χ3n) is 4.75. The number of tetrazole rings is 1. The minimum Gasteiger partial charge on any atom is -0.341 e. The number of nitrogens with one attached hydrogen (secondary N) is 1. The Morgan fingerprint density at radius 3 is 2.81 bits per heavy atom. The Labute approximate surface area is 161 Å². The van der Waals surface area contributed by atoms with Gasteiger partial charge >= 0.3 is 0 Å². The first-order chi connectivity index (χ1) is 12.9. The van der Waals surface area contributed by atoms with Gasteiger partial charge in [0.05, 0.1) is 27.7 Å². The van der Waals surface area contributed by atoms with E-state index in [9.17, 15) is 8.42 Å². The second-order valence-electron chi connectivity index (χ2n) is 6.78. The molecule has 1 aliphatic rings. The Hall–Kier alpha value is -1.98. The summed E-state index contributed by atoms with van der Waals surface area (Å²) in [5.41, 5.74) is 1.43. The Morgan fingerprint density at radius 2 is 2.07 bits per heavy atom. The fourth-order valence-corrected chi connectivity index (χ4v) is 5.02. The van der Waals surface area contributed by atoms with Crippen LogP contribution in [0.1, 0.15) is 37.5 Å². The summed E-state index contributed by atoms with van der Waals surface area (Å²) < 4.78 is 27.7. The Bertz CT molecular complexity index is 1050. The summed E-state index contributed by atoms with van der Waals surface area (Å²) in [6.45, 7) is 0. The van der Waals surface area contributed by atoms with Crippen LogP contribution in [0.15, 0.2) is 28.3 Å². The summed E-state index contributed by atoms with van der Waals surface area (Å²) in [5.74, 6) is 1.34. The minimum absolute atomic E-state index is 0.244. The van der Waals surface area contributed by atoms with Gasteiger partial charge in [0.2, 0.25) is 15.2 Å². The molecule has 2 heterocycles. The Kier molecular flexibility index (Phi) is 4.91. The predicted octanol–water partition coefficient (Wildman–Crippen LogP) is 2.21. The SMILES string of the molecule is CN(C)S(=O)(=O)c1ccc2nc(CSc3nnnn3C3CCCC3)[nH]c2c1. The van der Waals surface area contributed by atoms with E-state index in [1.165, 1.54) is 43.0 Å². The first-order valence-electron chi connectivity index (χ1n) is 8.77. The van der Waals surface area contributed by atoms with Crippen molar-refractivity contribution in [2.24, 2.45) is 0 Å². The summed E-state index contributed by atoms with van der Waals surface area (Å²) >= 11 is 1.53. The van der Waals surface area contributed by atoms with E-state index in [1.54, 1.807) is 18.2 Å². The van der Waals surface area contributed by atoms with Crippen LogP contribution < -0.4 is 0 Å². The molecule has 11 heteroatoms. The van der Waals surface area contributed by atoms with Crippen molar-refractivity contribution >= 4 is 32.8 Å². The lowest BCUT2D eigenvalue weighted by molar-refractivity contribution is 0.423. The molecule has 0 saturated heterocycles. The maximum atomic E-state index is 12.3. The number of thioether (sulfide) groups is 1. The third-order valence-corrected chi connectivity index (χ3v) is 7.51. The average Bonchev–Trinajstić information content (AvgIpc) is 3.37. The van der Waals surface area contributed by atoms with Crippen LogP contribution in [0.5, 0.6) is 0 Å². The van der Waals surface area contributed by atoms with Crippen molar-refractivity contribution in [2.45, 2.75) is 47.5 Å². The zero-order valence-electron chi connectivity index (χ0n) is 15.2.